The van der Waals surface area contributed by atoms with Crippen LogP contribution >= 0.6 is 11.8 Å². The van der Waals surface area contributed by atoms with E-state index in [-0.39, 0.29) is 18.2 Å². The van der Waals surface area contributed by atoms with Crippen molar-refractivity contribution in [1.29, 1.82) is 0 Å². The van der Waals surface area contributed by atoms with Crippen LogP contribution in [0.15, 0.2) is 53.5 Å². The molecule has 0 aromatic heterocycles. The SMILES string of the molecule is CCN1C(=O)C[C@@H](C(=O)Nc2ccc(C(=O)OC)cc2)SC1=Nc1cccc(F)c1. The topological polar surface area (TPSA) is 88.1 Å². The number of anilines is 1. The Kier molecular flexibility index (Phi) is 6.83. The zero-order chi connectivity index (χ0) is 21.7. The van der Waals surface area contributed by atoms with Crippen LogP contribution in [0.1, 0.15) is 23.7 Å². The molecule has 1 saturated heterocycles. The van der Waals surface area contributed by atoms with Crippen molar-refractivity contribution in [2.45, 2.75) is 18.6 Å². The molecular weight excluding hydrogens is 409 g/mol. The van der Waals surface area contributed by atoms with E-state index in [1.807, 2.05) is 6.92 Å². The Hall–Kier alpha value is -3.20. The van der Waals surface area contributed by atoms with Crippen LogP contribution in [0, 0.1) is 5.82 Å². The Labute approximate surface area is 177 Å². The number of carbonyl (C=O) groups excluding carboxylic acids is 3. The number of benzene rings is 2. The van der Waals surface area contributed by atoms with Crippen LogP contribution in [-0.4, -0.2) is 46.8 Å². The molecule has 30 heavy (non-hydrogen) atoms. The Bertz CT molecular complexity index is 994. The molecule has 0 saturated carbocycles. The lowest BCUT2D eigenvalue weighted by atomic mass is 10.2. The summed E-state index contributed by atoms with van der Waals surface area (Å²) in [7, 11) is 1.29. The van der Waals surface area contributed by atoms with Gasteiger partial charge in [0.05, 0.1) is 18.4 Å². The minimum Gasteiger partial charge on any atom is -0.465 e. The molecule has 1 fully saturated rings. The lowest BCUT2D eigenvalue weighted by Crippen LogP contribution is -2.45. The molecule has 3 rings (SSSR count). The standard InChI is InChI=1S/C21H20FN3O4S/c1-3-25-18(26)12-17(30-21(25)24-16-6-4-5-14(22)11-16)19(27)23-15-9-7-13(8-10-15)20(28)29-2/h4-11,17H,3,12H2,1-2H3,(H,23,27)/t17-/m0/s1. The van der Waals surface area contributed by atoms with Crippen LogP contribution < -0.4 is 5.32 Å². The third kappa shape index (κ3) is 5.04. The summed E-state index contributed by atoms with van der Waals surface area (Å²) >= 11 is 1.15. The summed E-state index contributed by atoms with van der Waals surface area (Å²) in [6.45, 7) is 2.20. The van der Waals surface area contributed by atoms with Gasteiger partial charge in [-0.2, -0.15) is 0 Å². The lowest BCUT2D eigenvalue weighted by molar-refractivity contribution is -0.129. The molecule has 1 heterocycles. The number of thioether (sulfide) groups is 1. The van der Waals surface area contributed by atoms with E-state index in [1.165, 1.54) is 42.3 Å². The predicted molar refractivity (Wildman–Crippen MR) is 113 cm³/mol. The molecule has 0 bridgehead atoms. The number of amides is 2. The highest BCUT2D eigenvalue weighted by Gasteiger charge is 2.35. The minimum absolute atomic E-state index is 0.0206. The molecule has 1 atom stereocenters. The van der Waals surface area contributed by atoms with E-state index in [0.717, 1.165) is 11.8 Å². The van der Waals surface area contributed by atoms with Gasteiger partial charge < -0.3 is 10.1 Å². The molecule has 1 N–H and O–H groups in total. The molecule has 1 aliphatic rings. The molecule has 1 aliphatic heterocycles. The van der Waals surface area contributed by atoms with Crippen molar-refractivity contribution in [3.8, 4) is 0 Å². The van der Waals surface area contributed by atoms with Crippen LogP contribution in [0.2, 0.25) is 0 Å². The van der Waals surface area contributed by atoms with E-state index in [1.54, 1.807) is 18.2 Å². The fourth-order valence-electron chi connectivity index (χ4n) is 2.84. The number of esters is 1. The molecular formula is C21H20FN3O4S. The van der Waals surface area contributed by atoms with Gasteiger partial charge in [-0.15, -0.1) is 0 Å². The van der Waals surface area contributed by atoms with Gasteiger partial charge in [-0.25, -0.2) is 14.2 Å². The fourth-order valence-corrected chi connectivity index (χ4v) is 4.00. The number of aliphatic imine (C=N–C) groups is 1. The van der Waals surface area contributed by atoms with Crippen molar-refractivity contribution in [3.05, 3.63) is 59.9 Å². The van der Waals surface area contributed by atoms with E-state index < -0.39 is 17.0 Å². The minimum atomic E-state index is -0.687. The van der Waals surface area contributed by atoms with Gasteiger partial charge in [0.25, 0.3) is 0 Å². The molecule has 2 amide bonds. The third-order valence-electron chi connectivity index (χ3n) is 4.35. The molecule has 0 radical (unpaired) electrons. The maximum absolute atomic E-state index is 13.5. The van der Waals surface area contributed by atoms with Gasteiger partial charge in [-0.3, -0.25) is 14.5 Å². The third-order valence-corrected chi connectivity index (χ3v) is 5.54. The average Bonchev–Trinajstić information content (AvgIpc) is 2.73. The molecule has 9 heteroatoms. The first kappa shape index (κ1) is 21.5. The molecule has 2 aromatic carbocycles. The van der Waals surface area contributed by atoms with Gasteiger partial charge in [0.2, 0.25) is 11.8 Å². The van der Waals surface area contributed by atoms with Crippen molar-refractivity contribution in [3.63, 3.8) is 0 Å². The van der Waals surface area contributed by atoms with Crippen LogP contribution in [0.3, 0.4) is 0 Å². The zero-order valence-electron chi connectivity index (χ0n) is 16.4. The molecule has 2 aromatic rings. The smallest absolute Gasteiger partial charge is 0.337 e. The average molecular weight is 429 g/mol. The first-order valence-electron chi connectivity index (χ1n) is 9.21. The van der Waals surface area contributed by atoms with Gasteiger partial charge in [-0.05, 0) is 49.4 Å². The second-order valence-electron chi connectivity index (χ2n) is 6.38. The second kappa shape index (κ2) is 9.53. The zero-order valence-corrected chi connectivity index (χ0v) is 17.2. The van der Waals surface area contributed by atoms with Crippen molar-refractivity contribution >= 4 is 46.1 Å². The van der Waals surface area contributed by atoms with Crippen molar-refractivity contribution < 1.29 is 23.5 Å². The Morgan fingerprint density at radius 3 is 2.63 bits per heavy atom. The normalized spacial score (nSPS) is 17.7. The number of amidine groups is 1. The molecule has 7 nitrogen and oxygen atoms in total. The lowest BCUT2D eigenvalue weighted by Gasteiger charge is -2.30. The summed E-state index contributed by atoms with van der Waals surface area (Å²) in [6.07, 6.45) is 0.0206. The maximum Gasteiger partial charge on any atom is 0.337 e. The number of ether oxygens (including phenoxy) is 1. The number of hydrogen-bond donors (Lipinski definition) is 1. The summed E-state index contributed by atoms with van der Waals surface area (Å²) in [5, 5.41) is 2.41. The van der Waals surface area contributed by atoms with E-state index in [0.29, 0.717) is 28.7 Å². The summed E-state index contributed by atoms with van der Waals surface area (Å²) in [5.74, 6) is -1.50. The van der Waals surface area contributed by atoms with E-state index in [4.69, 9.17) is 0 Å². The summed E-state index contributed by atoms with van der Waals surface area (Å²) in [4.78, 5) is 42.6. The van der Waals surface area contributed by atoms with Crippen LogP contribution in [0.25, 0.3) is 0 Å². The predicted octanol–water partition coefficient (Wildman–Crippen LogP) is 3.59. The highest BCUT2D eigenvalue weighted by atomic mass is 32.2. The van der Waals surface area contributed by atoms with Crippen molar-refractivity contribution in [2.24, 2.45) is 4.99 Å². The monoisotopic (exact) mass is 429 g/mol. The number of rotatable bonds is 5. The van der Waals surface area contributed by atoms with Crippen LogP contribution in [0.4, 0.5) is 15.8 Å². The highest BCUT2D eigenvalue weighted by molar-refractivity contribution is 8.15. The first-order chi connectivity index (χ1) is 14.4. The number of carbonyl (C=O) groups is 3. The molecule has 156 valence electrons. The second-order valence-corrected chi connectivity index (χ2v) is 7.55. The highest BCUT2D eigenvalue weighted by Crippen LogP contribution is 2.30. The fraction of sp³-hybridized carbons (Fsp3) is 0.238. The van der Waals surface area contributed by atoms with Gasteiger partial charge in [0.1, 0.15) is 11.1 Å². The van der Waals surface area contributed by atoms with Gasteiger partial charge in [0, 0.05) is 18.7 Å². The number of halogens is 1. The van der Waals surface area contributed by atoms with Gasteiger partial charge >= 0.3 is 5.97 Å². The Morgan fingerprint density at radius 2 is 2.00 bits per heavy atom. The summed E-state index contributed by atoms with van der Waals surface area (Å²) in [5.41, 5.74) is 1.21. The number of hydrogen-bond acceptors (Lipinski definition) is 6. The Morgan fingerprint density at radius 1 is 1.27 bits per heavy atom. The Balaban J connectivity index is 1.76. The van der Waals surface area contributed by atoms with Gasteiger partial charge in [0.15, 0.2) is 5.17 Å². The molecule has 0 unspecified atom stereocenters. The van der Waals surface area contributed by atoms with E-state index >= 15 is 0 Å². The van der Waals surface area contributed by atoms with Crippen LogP contribution in [0.5, 0.6) is 0 Å². The summed E-state index contributed by atoms with van der Waals surface area (Å²) < 4.78 is 18.1. The van der Waals surface area contributed by atoms with Crippen molar-refractivity contribution in [1.82, 2.24) is 4.90 Å². The summed E-state index contributed by atoms with van der Waals surface area (Å²) in [6, 6.07) is 12.0. The molecule has 0 spiro atoms. The number of nitrogens with zero attached hydrogens (tertiary/aromatic N) is 2. The van der Waals surface area contributed by atoms with E-state index in [2.05, 4.69) is 15.0 Å². The van der Waals surface area contributed by atoms with Gasteiger partial charge in [-0.1, -0.05) is 17.8 Å². The maximum atomic E-state index is 13.5. The van der Waals surface area contributed by atoms with Crippen molar-refractivity contribution in [2.75, 3.05) is 19.0 Å². The molecule has 0 aliphatic carbocycles. The first-order valence-corrected chi connectivity index (χ1v) is 10.1. The van der Waals surface area contributed by atoms with Crippen LogP contribution in [-0.2, 0) is 14.3 Å². The quantitative estimate of drug-likeness (QED) is 0.734. The number of nitrogens with one attached hydrogen (secondary N) is 1. The number of methoxy groups -OCH3 is 1. The van der Waals surface area contributed by atoms with E-state index in [9.17, 15) is 18.8 Å². The largest absolute Gasteiger partial charge is 0.465 e.